The average molecular weight is 436 g/mol. The van der Waals surface area contributed by atoms with E-state index in [1.165, 1.54) is 23.4 Å². The molecule has 0 saturated heterocycles. The van der Waals surface area contributed by atoms with Gasteiger partial charge in [0.05, 0.1) is 17.1 Å². The molecule has 1 fully saturated rings. The van der Waals surface area contributed by atoms with Gasteiger partial charge in [-0.25, -0.2) is 4.79 Å². The summed E-state index contributed by atoms with van der Waals surface area (Å²) in [5, 5.41) is 14.9. The van der Waals surface area contributed by atoms with Gasteiger partial charge in [0, 0.05) is 17.7 Å². The highest BCUT2D eigenvalue weighted by Crippen LogP contribution is 2.50. The molecular weight excluding hydrogens is 416 g/mol. The zero-order valence-corrected chi connectivity index (χ0v) is 17.7. The second kappa shape index (κ2) is 7.53. The molecule has 2 aromatic carbocycles. The third-order valence-electron chi connectivity index (χ3n) is 6.06. The average Bonchev–Trinajstić information content (AvgIpc) is 3.50. The van der Waals surface area contributed by atoms with E-state index in [0.717, 1.165) is 34.7 Å². The summed E-state index contributed by atoms with van der Waals surface area (Å²) in [5.74, 6) is -0.0307. The first-order valence-corrected chi connectivity index (χ1v) is 11.1. The standard InChI is InChI=1S/C23H20N2O5S/c1-30-23(27)18-12-31-22-19(14-9-10-14)17(20(25(28)29)21(26)24(18)22)11-15-7-4-6-13-5-2-3-8-16(13)15/h2-8,14,18H,9-12H2,1H3/t18-/m0/s1. The number of nitro groups is 1. The van der Waals surface area contributed by atoms with Crippen LogP contribution in [0.25, 0.3) is 10.8 Å². The number of carbonyl (C=O) groups excluding carboxylic acids is 1. The molecule has 0 N–H and O–H groups in total. The Balaban J connectivity index is 1.76. The van der Waals surface area contributed by atoms with Crippen LogP contribution in [-0.4, -0.2) is 28.3 Å². The lowest BCUT2D eigenvalue weighted by Gasteiger charge is -2.18. The quantitative estimate of drug-likeness (QED) is 0.338. The molecule has 158 valence electrons. The van der Waals surface area contributed by atoms with Gasteiger partial charge in [-0.3, -0.25) is 19.5 Å². The van der Waals surface area contributed by atoms with Gasteiger partial charge in [0.1, 0.15) is 6.04 Å². The van der Waals surface area contributed by atoms with Crippen LogP contribution in [0.1, 0.15) is 41.5 Å². The number of fused-ring (bicyclic) bond motifs is 2. The third kappa shape index (κ3) is 3.22. The van der Waals surface area contributed by atoms with Crippen molar-refractivity contribution in [2.75, 3.05) is 12.9 Å². The zero-order chi connectivity index (χ0) is 21.7. The van der Waals surface area contributed by atoms with E-state index < -0.39 is 28.2 Å². The summed E-state index contributed by atoms with van der Waals surface area (Å²) in [6.07, 6.45) is 2.15. The van der Waals surface area contributed by atoms with E-state index in [2.05, 4.69) is 0 Å². The number of carbonyl (C=O) groups is 1. The van der Waals surface area contributed by atoms with Gasteiger partial charge in [-0.1, -0.05) is 42.5 Å². The van der Waals surface area contributed by atoms with Crippen LogP contribution >= 0.6 is 11.8 Å². The molecule has 0 bridgehead atoms. The first-order valence-electron chi connectivity index (χ1n) is 10.1. The number of esters is 1. The molecule has 1 atom stereocenters. The van der Waals surface area contributed by atoms with Crippen molar-refractivity contribution >= 4 is 34.2 Å². The molecule has 0 unspecified atom stereocenters. The van der Waals surface area contributed by atoms with Gasteiger partial charge in [-0.05, 0) is 40.7 Å². The Hall–Kier alpha value is -3.13. The number of hydrogen-bond acceptors (Lipinski definition) is 6. The number of pyridine rings is 1. The minimum absolute atomic E-state index is 0.175. The monoisotopic (exact) mass is 436 g/mol. The van der Waals surface area contributed by atoms with Gasteiger partial charge < -0.3 is 4.74 Å². The number of ether oxygens (including phenoxy) is 1. The Kier molecular flexibility index (Phi) is 4.81. The molecule has 31 heavy (non-hydrogen) atoms. The second-order valence-corrected chi connectivity index (χ2v) is 8.93. The van der Waals surface area contributed by atoms with Crippen LogP contribution in [0.4, 0.5) is 5.69 Å². The molecule has 5 rings (SSSR count). The molecule has 1 aromatic heterocycles. The van der Waals surface area contributed by atoms with E-state index in [1.807, 2.05) is 42.5 Å². The molecule has 0 spiro atoms. The van der Waals surface area contributed by atoms with Gasteiger partial charge >= 0.3 is 17.2 Å². The van der Waals surface area contributed by atoms with E-state index in [1.54, 1.807) is 0 Å². The van der Waals surface area contributed by atoms with Crippen molar-refractivity contribution in [1.82, 2.24) is 4.57 Å². The molecule has 1 aliphatic heterocycles. The maximum absolute atomic E-state index is 13.3. The summed E-state index contributed by atoms with van der Waals surface area (Å²) in [6, 6.07) is 13.0. The zero-order valence-electron chi connectivity index (χ0n) is 16.9. The highest BCUT2D eigenvalue weighted by atomic mass is 32.2. The lowest BCUT2D eigenvalue weighted by atomic mass is 9.93. The summed E-state index contributed by atoms with van der Waals surface area (Å²) < 4.78 is 6.16. The second-order valence-electron chi connectivity index (χ2n) is 7.92. The predicted octanol–water partition coefficient (Wildman–Crippen LogP) is 4.20. The summed E-state index contributed by atoms with van der Waals surface area (Å²) in [6.45, 7) is 0. The number of aromatic nitrogens is 1. The number of hydrogen-bond donors (Lipinski definition) is 0. The first-order chi connectivity index (χ1) is 15.0. The Bertz CT molecular complexity index is 1290. The molecule has 8 heteroatoms. The van der Waals surface area contributed by atoms with Crippen molar-refractivity contribution in [2.45, 2.75) is 36.2 Å². The van der Waals surface area contributed by atoms with Crippen LogP contribution in [0.2, 0.25) is 0 Å². The van der Waals surface area contributed by atoms with Crippen molar-refractivity contribution in [3.05, 3.63) is 79.6 Å². The lowest BCUT2D eigenvalue weighted by molar-refractivity contribution is -0.387. The number of benzene rings is 2. The van der Waals surface area contributed by atoms with E-state index in [0.29, 0.717) is 22.8 Å². The first kappa shape index (κ1) is 19.8. The summed E-state index contributed by atoms with van der Waals surface area (Å²) in [4.78, 5) is 37.1. The molecule has 7 nitrogen and oxygen atoms in total. The number of thioether (sulfide) groups is 1. The Labute approximate surface area is 182 Å². The van der Waals surface area contributed by atoms with E-state index in [4.69, 9.17) is 4.74 Å². The minimum atomic E-state index is -0.833. The normalized spacial score (nSPS) is 17.5. The molecule has 2 heterocycles. The van der Waals surface area contributed by atoms with Gasteiger partial charge in [0.25, 0.3) is 0 Å². The van der Waals surface area contributed by atoms with Crippen LogP contribution < -0.4 is 5.56 Å². The summed E-state index contributed by atoms with van der Waals surface area (Å²) >= 11 is 1.42. The SMILES string of the molecule is COC(=O)[C@@H]1CSc2c(C3CC3)c(Cc3cccc4ccccc34)c([N+](=O)[O-])c(=O)n21. The van der Waals surface area contributed by atoms with Crippen LogP contribution in [0.15, 0.2) is 52.3 Å². The van der Waals surface area contributed by atoms with Gasteiger partial charge in [0.15, 0.2) is 0 Å². The van der Waals surface area contributed by atoms with Crippen molar-refractivity contribution in [3.8, 4) is 0 Å². The largest absolute Gasteiger partial charge is 0.467 e. The molecule has 2 aliphatic rings. The molecule has 1 saturated carbocycles. The van der Waals surface area contributed by atoms with E-state index in [9.17, 15) is 19.7 Å². The van der Waals surface area contributed by atoms with Crippen LogP contribution in [0.5, 0.6) is 0 Å². The number of nitrogens with zero attached hydrogens (tertiary/aromatic N) is 2. The Morgan fingerprint density at radius 2 is 1.97 bits per heavy atom. The topological polar surface area (TPSA) is 91.4 Å². The summed E-state index contributed by atoms with van der Waals surface area (Å²) in [7, 11) is 1.27. The number of methoxy groups -OCH3 is 1. The number of rotatable bonds is 5. The van der Waals surface area contributed by atoms with Crippen molar-refractivity contribution < 1.29 is 14.5 Å². The van der Waals surface area contributed by atoms with Crippen LogP contribution in [0.3, 0.4) is 0 Å². The Morgan fingerprint density at radius 3 is 2.68 bits per heavy atom. The fourth-order valence-corrected chi connectivity index (χ4v) is 5.89. The maximum atomic E-state index is 13.3. The molecule has 1 aliphatic carbocycles. The van der Waals surface area contributed by atoms with Gasteiger partial charge in [0.2, 0.25) is 0 Å². The fourth-order valence-electron chi connectivity index (χ4n) is 4.49. The molecule has 0 amide bonds. The third-order valence-corrected chi connectivity index (χ3v) is 7.23. The minimum Gasteiger partial charge on any atom is -0.467 e. The van der Waals surface area contributed by atoms with E-state index in [-0.39, 0.29) is 5.92 Å². The van der Waals surface area contributed by atoms with E-state index >= 15 is 0 Å². The Morgan fingerprint density at radius 1 is 1.23 bits per heavy atom. The van der Waals surface area contributed by atoms with Gasteiger partial charge in [-0.2, -0.15) is 0 Å². The predicted molar refractivity (Wildman–Crippen MR) is 118 cm³/mol. The van der Waals surface area contributed by atoms with Gasteiger partial charge in [-0.15, -0.1) is 11.8 Å². The molecule has 3 aromatic rings. The van der Waals surface area contributed by atoms with Crippen molar-refractivity contribution in [1.29, 1.82) is 0 Å². The lowest BCUT2D eigenvalue weighted by Crippen LogP contribution is -2.32. The molecule has 0 radical (unpaired) electrons. The van der Waals surface area contributed by atoms with Crippen molar-refractivity contribution in [3.63, 3.8) is 0 Å². The van der Waals surface area contributed by atoms with Crippen LogP contribution in [-0.2, 0) is 16.0 Å². The summed E-state index contributed by atoms with van der Waals surface area (Å²) in [5.41, 5.74) is 1.14. The van der Waals surface area contributed by atoms with Crippen molar-refractivity contribution in [2.24, 2.45) is 0 Å². The highest BCUT2D eigenvalue weighted by Gasteiger charge is 2.42. The highest BCUT2D eigenvalue weighted by molar-refractivity contribution is 7.99. The smallest absolute Gasteiger partial charge is 0.337 e. The molecular formula is C23H20N2O5S. The fraction of sp³-hybridized carbons (Fsp3) is 0.304. The maximum Gasteiger partial charge on any atom is 0.337 e. The van der Waals surface area contributed by atoms with Crippen LogP contribution in [0, 0.1) is 10.1 Å².